The lowest BCUT2D eigenvalue weighted by molar-refractivity contribution is -0.390. The molecule has 1 N–H and O–H groups in total. The van der Waals surface area contributed by atoms with E-state index < -0.39 is 30.3 Å². The van der Waals surface area contributed by atoms with Crippen LogP contribution in [0.4, 0.5) is 13.2 Å². The summed E-state index contributed by atoms with van der Waals surface area (Å²) in [6, 6.07) is 0. The van der Waals surface area contributed by atoms with Gasteiger partial charge >= 0.3 is 6.18 Å². The van der Waals surface area contributed by atoms with Gasteiger partial charge in [0.1, 0.15) is 0 Å². The lowest BCUT2D eigenvalue weighted by Gasteiger charge is -2.45. The van der Waals surface area contributed by atoms with Crippen LogP contribution in [-0.2, 0) is 9.47 Å². The second-order valence-corrected chi connectivity index (χ2v) is 3.87. The van der Waals surface area contributed by atoms with E-state index in [1.165, 1.54) is 20.8 Å². The van der Waals surface area contributed by atoms with Gasteiger partial charge in [-0.2, -0.15) is 13.2 Å². The maximum atomic E-state index is 12.4. The van der Waals surface area contributed by atoms with Crippen molar-refractivity contribution in [2.24, 2.45) is 0 Å². The Balaban J connectivity index is 2.85. The highest BCUT2D eigenvalue weighted by molar-refractivity contribution is 4.95. The second kappa shape index (κ2) is 3.08. The summed E-state index contributed by atoms with van der Waals surface area (Å²) in [6.07, 6.45) is -6.09. The van der Waals surface area contributed by atoms with Gasteiger partial charge < -0.3 is 14.6 Å². The van der Waals surface area contributed by atoms with Crippen molar-refractivity contribution in [1.82, 2.24) is 0 Å². The molecule has 0 aromatic rings. The topological polar surface area (TPSA) is 38.7 Å². The molecule has 84 valence electrons. The van der Waals surface area contributed by atoms with Crippen molar-refractivity contribution in [3.63, 3.8) is 0 Å². The van der Waals surface area contributed by atoms with Crippen LogP contribution in [0.3, 0.4) is 0 Å². The van der Waals surface area contributed by atoms with E-state index in [-0.39, 0.29) is 0 Å². The Morgan fingerprint density at radius 3 is 2.21 bits per heavy atom. The molecule has 0 spiro atoms. The molecular weight excluding hydrogens is 201 g/mol. The fraction of sp³-hybridized carbons (Fsp3) is 1.00. The van der Waals surface area contributed by atoms with Crippen LogP contribution >= 0.6 is 0 Å². The second-order valence-electron chi connectivity index (χ2n) is 3.87. The number of hydrogen-bond acceptors (Lipinski definition) is 3. The van der Waals surface area contributed by atoms with Crippen molar-refractivity contribution < 1.29 is 27.8 Å². The van der Waals surface area contributed by atoms with Crippen molar-refractivity contribution in [2.45, 2.75) is 44.4 Å². The Bertz CT molecular complexity index is 226. The van der Waals surface area contributed by atoms with Crippen molar-refractivity contribution in [2.75, 3.05) is 6.61 Å². The molecule has 0 saturated carbocycles. The van der Waals surface area contributed by atoms with Gasteiger partial charge in [-0.25, -0.2) is 0 Å². The van der Waals surface area contributed by atoms with Gasteiger partial charge in [0.05, 0.1) is 12.7 Å². The predicted molar refractivity (Wildman–Crippen MR) is 41.6 cm³/mol. The molecule has 0 aliphatic carbocycles. The lowest BCUT2D eigenvalue weighted by atomic mass is 9.96. The molecule has 0 radical (unpaired) electrons. The van der Waals surface area contributed by atoms with E-state index in [9.17, 15) is 18.3 Å². The predicted octanol–water partition coefficient (Wildman–Crippen LogP) is 1.45. The molecule has 3 nitrogen and oxygen atoms in total. The van der Waals surface area contributed by atoms with E-state index in [0.717, 1.165) is 0 Å². The van der Waals surface area contributed by atoms with E-state index in [0.29, 0.717) is 0 Å². The minimum absolute atomic E-state index is 0.801. The first kappa shape index (κ1) is 11.7. The summed E-state index contributed by atoms with van der Waals surface area (Å²) in [7, 11) is 0. The fourth-order valence-corrected chi connectivity index (χ4v) is 1.27. The Kier molecular flexibility index (Phi) is 2.58. The molecule has 1 rings (SSSR count). The largest absolute Gasteiger partial charge is 0.422 e. The van der Waals surface area contributed by atoms with Crippen LogP contribution in [-0.4, -0.2) is 35.4 Å². The molecule has 6 heteroatoms. The third-order valence-corrected chi connectivity index (χ3v) is 2.26. The summed E-state index contributed by atoms with van der Waals surface area (Å²) in [6.45, 7) is 3.38. The van der Waals surface area contributed by atoms with Gasteiger partial charge in [0, 0.05) is 0 Å². The Morgan fingerprint density at radius 1 is 1.36 bits per heavy atom. The van der Waals surface area contributed by atoms with E-state index in [4.69, 9.17) is 9.47 Å². The highest BCUT2D eigenvalue weighted by Gasteiger charge is 2.61. The van der Waals surface area contributed by atoms with Crippen LogP contribution in [0.15, 0.2) is 0 Å². The smallest absolute Gasteiger partial charge is 0.377 e. The van der Waals surface area contributed by atoms with Crippen molar-refractivity contribution in [3.8, 4) is 0 Å². The van der Waals surface area contributed by atoms with Gasteiger partial charge in [-0.15, -0.1) is 0 Å². The Hall–Kier alpha value is -0.330. The standard InChI is InChI=1S/C8H13F3O3/c1-5-7(12,8(9,10)11)4-13-6(2,3)14-5/h5,12H,4H2,1-3H3/t5-,7-/m0/s1. The molecule has 0 bridgehead atoms. The number of ether oxygens (including phenoxy) is 2. The van der Waals surface area contributed by atoms with Crippen molar-refractivity contribution >= 4 is 0 Å². The Labute approximate surface area is 79.8 Å². The van der Waals surface area contributed by atoms with Crippen molar-refractivity contribution in [3.05, 3.63) is 0 Å². The average Bonchev–Trinajstić information content (AvgIpc) is 1.94. The van der Waals surface area contributed by atoms with Crippen LogP contribution in [0, 0.1) is 0 Å². The molecule has 14 heavy (non-hydrogen) atoms. The molecule has 0 unspecified atom stereocenters. The molecule has 0 amide bonds. The molecule has 1 saturated heterocycles. The minimum Gasteiger partial charge on any atom is -0.377 e. The maximum Gasteiger partial charge on any atom is 0.422 e. The quantitative estimate of drug-likeness (QED) is 0.663. The van der Waals surface area contributed by atoms with Crippen LogP contribution in [0.25, 0.3) is 0 Å². The zero-order valence-electron chi connectivity index (χ0n) is 8.18. The monoisotopic (exact) mass is 214 g/mol. The molecule has 0 aromatic heterocycles. The molecule has 1 fully saturated rings. The van der Waals surface area contributed by atoms with Crippen molar-refractivity contribution in [1.29, 1.82) is 0 Å². The molecular formula is C8H13F3O3. The van der Waals surface area contributed by atoms with Gasteiger partial charge in [0.2, 0.25) is 5.60 Å². The van der Waals surface area contributed by atoms with E-state index in [1.807, 2.05) is 0 Å². The summed E-state index contributed by atoms with van der Waals surface area (Å²) in [5, 5.41) is 9.33. The number of halogens is 3. The minimum atomic E-state index is -4.75. The number of aliphatic hydroxyl groups is 1. The highest BCUT2D eigenvalue weighted by atomic mass is 19.4. The average molecular weight is 214 g/mol. The van der Waals surface area contributed by atoms with E-state index >= 15 is 0 Å². The third kappa shape index (κ3) is 1.87. The molecule has 1 aliphatic heterocycles. The first-order chi connectivity index (χ1) is 6.08. The summed E-state index contributed by atoms with van der Waals surface area (Å²) in [5.41, 5.74) is -2.91. The summed E-state index contributed by atoms with van der Waals surface area (Å²) < 4.78 is 47.0. The summed E-state index contributed by atoms with van der Waals surface area (Å²) >= 11 is 0. The first-order valence-electron chi connectivity index (χ1n) is 4.19. The Morgan fingerprint density at radius 2 is 1.86 bits per heavy atom. The van der Waals surface area contributed by atoms with Crippen LogP contribution < -0.4 is 0 Å². The van der Waals surface area contributed by atoms with Gasteiger partial charge in [0.25, 0.3) is 0 Å². The van der Waals surface area contributed by atoms with Crippen LogP contribution in [0.2, 0.25) is 0 Å². The first-order valence-corrected chi connectivity index (χ1v) is 4.19. The van der Waals surface area contributed by atoms with Gasteiger partial charge in [-0.05, 0) is 20.8 Å². The molecule has 1 heterocycles. The zero-order chi connectivity index (χ0) is 11.2. The summed E-state index contributed by atoms with van der Waals surface area (Å²) in [4.78, 5) is 0. The maximum absolute atomic E-state index is 12.4. The van der Waals surface area contributed by atoms with E-state index in [1.54, 1.807) is 0 Å². The van der Waals surface area contributed by atoms with Crippen LogP contribution in [0.1, 0.15) is 20.8 Å². The third-order valence-electron chi connectivity index (χ3n) is 2.26. The summed E-state index contributed by atoms with van der Waals surface area (Å²) in [5.74, 6) is -1.09. The van der Waals surface area contributed by atoms with Gasteiger partial charge in [-0.3, -0.25) is 0 Å². The highest BCUT2D eigenvalue weighted by Crippen LogP contribution is 2.40. The van der Waals surface area contributed by atoms with Crippen LogP contribution in [0.5, 0.6) is 0 Å². The SMILES string of the molecule is C[C@@H]1OC(C)(C)OC[C@@]1(O)C(F)(F)F. The van der Waals surface area contributed by atoms with E-state index in [2.05, 4.69) is 0 Å². The van der Waals surface area contributed by atoms with Gasteiger partial charge in [-0.1, -0.05) is 0 Å². The fourth-order valence-electron chi connectivity index (χ4n) is 1.27. The molecule has 0 aromatic carbocycles. The number of alkyl halides is 3. The molecule has 1 aliphatic rings. The number of hydrogen-bond donors (Lipinski definition) is 1. The lowest BCUT2D eigenvalue weighted by Crippen LogP contribution is -2.63. The zero-order valence-corrected chi connectivity index (χ0v) is 8.18. The van der Waals surface area contributed by atoms with Gasteiger partial charge in [0.15, 0.2) is 5.79 Å². The number of rotatable bonds is 0. The molecule has 2 atom stereocenters. The normalized spacial score (nSPS) is 38.4.